The van der Waals surface area contributed by atoms with E-state index in [1.54, 1.807) is 12.3 Å². The van der Waals surface area contributed by atoms with Crippen LogP contribution in [0.1, 0.15) is 28.7 Å². The van der Waals surface area contributed by atoms with E-state index < -0.39 is 5.97 Å². The molecule has 0 aliphatic rings. The highest BCUT2D eigenvalue weighted by molar-refractivity contribution is 7.14. The van der Waals surface area contributed by atoms with Crippen LogP contribution in [-0.2, 0) is 16.0 Å². The molecule has 26 heavy (non-hydrogen) atoms. The van der Waals surface area contributed by atoms with E-state index in [0.29, 0.717) is 10.8 Å². The average Bonchev–Trinajstić information content (AvgIpc) is 3.25. The predicted molar refractivity (Wildman–Crippen MR) is 103 cm³/mol. The van der Waals surface area contributed by atoms with Crippen molar-refractivity contribution in [3.63, 3.8) is 0 Å². The summed E-state index contributed by atoms with van der Waals surface area (Å²) in [7, 11) is 0. The zero-order valence-corrected chi connectivity index (χ0v) is 15.9. The number of aromatic nitrogens is 2. The van der Waals surface area contributed by atoms with Gasteiger partial charge in [0.2, 0.25) is 5.91 Å². The van der Waals surface area contributed by atoms with Crippen molar-refractivity contribution in [3.8, 4) is 10.6 Å². The van der Waals surface area contributed by atoms with Crippen molar-refractivity contribution in [1.82, 2.24) is 9.97 Å². The van der Waals surface area contributed by atoms with Gasteiger partial charge in [0.15, 0.2) is 10.8 Å². The molecule has 0 radical (unpaired) electrons. The molecule has 0 saturated heterocycles. The number of hydrogen-bond acceptors (Lipinski definition) is 7. The summed E-state index contributed by atoms with van der Waals surface area (Å²) in [4.78, 5) is 32.4. The van der Waals surface area contributed by atoms with Crippen molar-refractivity contribution in [1.29, 1.82) is 0 Å². The minimum atomic E-state index is -0.494. The quantitative estimate of drug-likeness (QED) is 0.648. The average molecular weight is 387 g/mol. The molecule has 6 nitrogen and oxygen atoms in total. The second kappa shape index (κ2) is 8.20. The molecular weight excluding hydrogens is 370 g/mol. The van der Waals surface area contributed by atoms with Crippen molar-refractivity contribution in [2.45, 2.75) is 20.3 Å². The molecule has 0 saturated carbocycles. The first kappa shape index (κ1) is 18.2. The maximum atomic E-state index is 12.2. The van der Waals surface area contributed by atoms with Crippen LogP contribution in [0.3, 0.4) is 0 Å². The summed E-state index contributed by atoms with van der Waals surface area (Å²) >= 11 is 2.69. The second-order valence-electron chi connectivity index (χ2n) is 5.50. The lowest BCUT2D eigenvalue weighted by Gasteiger charge is -2.00. The third kappa shape index (κ3) is 4.53. The Morgan fingerprint density at radius 3 is 2.81 bits per heavy atom. The number of carbonyl (C=O) groups is 2. The molecule has 3 rings (SSSR count). The highest BCUT2D eigenvalue weighted by Gasteiger charge is 2.14. The fraction of sp³-hybridized carbons (Fsp3) is 0.222. The molecule has 0 aliphatic heterocycles. The van der Waals surface area contributed by atoms with E-state index in [-0.39, 0.29) is 24.6 Å². The normalized spacial score (nSPS) is 10.5. The molecule has 0 atom stereocenters. The van der Waals surface area contributed by atoms with Gasteiger partial charge in [-0.3, -0.25) is 4.79 Å². The SMILES string of the molecule is CCOC(=O)c1csc(NC(=O)Cc2csc(-c3cccc(C)c3)n2)n1. The number of esters is 1. The number of nitrogens with zero attached hydrogens (tertiary/aromatic N) is 2. The van der Waals surface area contributed by atoms with Gasteiger partial charge in [-0.25, -0.2) is 14.8 Å². The van der Waals surface area contributed by atoms with Gasteiger partial charge in [0.05, 0.1) is 18.7 Å². The molecule has 2 heterocycles. The fourth-order valence-electron chi connectivity index (χ4n) is 2.26. The van der Waals surface area contributed by atoms with Gasteiger partial charge >= 0.3 is 5.97 Å². The van der Waals surface area contributed by atoms with Gasteiger partial charge in [0, 0.05) is 16.3 Å². The van der Waals surface area contributed by atoms with Crippen molar-refractivity contribution >= 4 is 39.7 Å². The molecule has 3 aromatic rings. The number of anilines is 1. The predicted octanol–water partition coefficient (Wildman–Crippen LogP) is 3.93. The molecule has 2 aromatic heterocycles. The van der Waals surface area contributed by atoms with E-state index in [9.17, 15) is 9.59 Å². The molecule has 0 spiro atoms. The molecule has 1 N–H and O–H groups in total. The molecule has 134 valence electrons. The third-order valence-electron chi connectivity index (χ3n) is 3.39. The molecular formula is C18H17N3O3S2. The smallest absolute Gasteiger partial charge is 0.357 e. The maximum Gasteiger partial charge on any atom is 0.357 e. The Morgan fingerprint density at radius 2 is 2.04 bits per heavy atom. The van der Waals surface area contributed by atoms with Crippen LogP contribution in [0.4, 0.5) is 5.13 Å². The van der Waals surface area contributed by atoms with Gasteiger partial charge in [-0.15, -0.1) is 22.7 Å². The summed E-state index contributed by atoms with van der Waals surface area (Å²) in [5.41, 5.74) is 3.10. The molecule has 8 heteroatoms. The lowest BCUT2D eigenvalue weighted by molar-refractivity contribution is -0.115. The fourth-order valence-corrected chi connectivity index (χ4v) is 3.77. The number of aryl methyl sites for hydroxylation is 1. The summed E-state index contributed by atoms with van der Waals surface area (Å²) in [5, 5.41) is 7.38. The summed E-state index contributed by atoms with van der Waals surface area (Å²) in [6, 6.07) is 8.09. The van der Waals surface area contributed by atoms with Crippen LogP contribution in [0.5, 0.6) is 0 Å². The zero-order valence-electron chi connectivity index (χ0n) is 14.3. The van der Waals surface area contributed by atoms with E-state index in [2.05, 4.69) is 21.4 Å². The summed E-state index contributed by atoms with van der Waals surface area (Å²) < 4.78 is 4.88. The van der Waals surface area contributed by atoms with Crippen molar-refractivity contribution in [3.05, 3.63) is 52.0 Å². The van der Waals surface area contributed by atoms with Crippen molar-refractivity contribution < 1.29 is 14.3 Å². The van der Waals surface area contributed by atoms with Crippen LogP contribution >= 0.6 is 22.7 Å². The van der Waals surface area contributed by atoms with Crippen LogP contribution in [0, 0.1) is 6.92 Å². The number of hydrogen-bond donors (Lipinski definition) is 1. The van der Waals surface area contributed by atoms with Crippen LogP contribution < -0.4 is 5.32 Å². The zero-order chi connectivity index (χ0) is 18.5. The number of carbonyl (C=O) groups excluding carboxylic acids is 2. The Morgan fingerprint density at radius 1 is 1.19 bits per heavy atom. The summed E-state index contributed by atoms with van der Waals surface area (Å²) in [6.45, 7) is 4.04. The van der Waals surface area contributed by atoms with E-state index in [1.165, 1.54) is 22.7 Å². The van der Waals surface area contributed by atoms with Gasteiger partial charge in [-0.2, -0.15) is 0 Å². The highest BCUT2D eigenvalue weighted by Crippen LogP contribution is 2.25. The summed E-state index contributed by atoms with van der Waals surface area (Å²) in [6.07, 6.45) is 0.149. The lowest BCUT2D eigenvalue weighted by atomic mass is 10.1. The van der Waals surface area contributed by atoms with E-state index in [0.717, 1.165) is 16.1 Å². The molecule has 1 amide bonds. The van der Waals surface area contributed by atoms with E-state index in [1.807, 2.05) is 30.5 Å². The van der Waals surface area contributed by atoms with E-state index >= 15 is 0 Å². The Bertz CT molecular complexity index is 933. The standard InChI is InChI=1S/C18H17N3O3S2/c1-3-24-17(23)14-10-26-18(20-14)21-15(22)8-13-9-25-16(19-13)12-6-4-5-11(2)7-12/h4-7,9-10H,3,8H2,1-2H3,(H,20,21,22). The first-order chi connectivity index (χ1) is 12.5. The van der Waals surface area contributed by atoms with Crippen LogP contribution in [0.15, 0.2) is 35.0 Å². The van der Waals surface area contributed by atoms with E-state index in [4.69, 9.17) is 4.74 Å². The number of rotatable bonds is 6. The van der Waals surface area contributed by atoms with Gasteiger partial charge < -0.3 is 10.1 Å². The molecule has 0 bridgehead atoms. The summed E-state index contributed by atoms with van der Waals surface area (Å²) in [5.74, 6) is -0.720. The first-order valence-corrected chi connectivity index (χ1v) is 9.75. The Balaban J connectivity index is 1.61. The Kier molecular flexibility index (Phi) is 5.75. The molecule has 0 aliphatic carbocycles. The maximum absolute atomic E-state index is 12.2. The molecule has 0 unspecified atom stereocenters. The largest absolute Gasteiger partial charge is 0.461 e. The Labute approximate surface area is 158 Å². The number of thiazole rings is 2. The minimum Gasteiger partial charge on any atom is -0.461 e. The van der Waals surface area contributed by atoms with Crippen LogP contribution in [0.25, 0.3) is 10.6 Å². The topological polar surface area (TPSA) is 81.2 Å². The second-order valence-corrected chi connectivity index (χ2v) is 7.21. The number of ether oxygens (including phenoxy) is 1. The van der Waals surface area contributed by atoms with Crippen molar-refractivity contribution in [2.75, 3.05) is 11.9 Å². The lowest BCUT2D eigenvalue weighted by Crippen LogP contribution is -2.15. The Hall–Kier alpha value is -2.58. The van der Waals surface area contributed by atoms with Gasteiger partial charge in [-0.1, -0.05) is 23.8 Å². The minimum absolute atomic E-state index is 0.149. The van der Waals surface area contributed by atoms with Gasteiger partial charge in [-0.05, 0) is 19.9 Å². The highest BCUT2D eigenvalue weighted by atomic mass is 32.1. The third-order valence-corrected chi connectivity index (χ3v) is 5.09. The van der Waals surface area contributed by atoms with Gasteiger partial charge in [0.25, 0.3) is 0 Å². The monoisotopic (exact) mass is 387 g/mol. The first-order valence-electron chi connectivity index (χ1n) is 7.99. The number of benzene rings is 1. The van der Waals surface area contributed by atoms with Crippen LogP contribution in [0.2, 0.25) is 0 Å². The van der Waals surface area contributed by atoms with Crippen molar-refractivity contribution in [2.24, 2.45) is 0 Å². The number of amides is 1. The van der Waals surface area contributed by atoms with Gasteiger partial charge in [0.1, 0.15) is 5.01 Å². The molecule has 1 aromatic carbocycles. The number of nitrogens with one attached hydrogen (secondary N) is 1. The van der Waals surface area contributed by atoms with Crippen LogP contribution in [-0.4, -0.2) is 28.5 Å². The molecule has 0 fully saturated rings.